The van der Waals surface area contributed by atoms with E-state index in [9.17, 15) is 0 Å². The van der Waals surface area contributed by atoms with E-state index in [-0.39, 0.29) is 6.29 Å². The fraction of sp³-hybridized carbons (Fsp3) is 0.926. The number of hydrogen-bond donors (Lipinski definition) is 1. The Hall–Kier alpha value is -0.166. The van der Waals surface area contributed by atoms with Crippen molar-refractivity contribution in [2.45, 2.75) is 129 Å². The number of rotatable bonds is 5. The smallest absolute Gasteiger partial charge is 0.178 e. The van der Waals surface area contributed by atoms with Crippen molar-refractivity contribution in [2.24, 2.45) is 11.8 Å². The molecule has 1 unspecified atom stereocenters. The molecule has 1 N–H and O–H groups in total. The van der Waals surface area contributed by atoms with Crippen LogP contribution in [0.4, 0.5) is 0 Å². The molecule has 1 aliphatic heterocycles. The van der Waals surface area contributed by atoms with E-state index in [4.69, 9.17) is 18.7 Å². The molecule has 1 atom stereocenters. The van der Waals surface area contributed by atoms with E-state index in [1.807, 2.05) is 0 Å². The van der Waals surface area contributed by atoms with Gasteiger partial charge in [-0.15, -0.1) is 0 Å². The standard InChI is InChI=1S/C15H24O3.C12H30OSi2/c16-12-14-8-6-13(7-9-14)4-3-11-18-15-5-1-2-10-17-15;1-11(2,3)14(7,8)13-15(9,10)12(4,5)6/h13-16H,1-2,5-12H2;1-10H3. The lowest BCUT2D eigenvalue weighted by molar-refractivity contribution is -0.154. The summed E-state index contributed by atoms with van der Waals surface area (Å²) in [6.07, 6.45) is 7.80. The van der Waals surface area contributed by atoms with Crippen LogP contribution in [0.25, 0.3) is 0 Å². The third kappa shape index (κ3) is 11.0. The topological polar surface area (TPSA) is 47.9 Å². The van der Waals surface area contributed by atoms with E-state index in [0.717, 1.165) is 45.1 Å². The average Bonchev–Trinajstić information content (AvgIpc) is 2.70. The summed E-state index contributed by atoms with van der Waals surface area (Å²) in [4.78, 5) is 0. The van der Waals surface area contributed by atoms with E-state index in [1.54, 1.807) is 0 Å². The zero-order chi connectivity index (χ0) is 25.3. The SMILES string of the molecule is CC(C)(C)[Si](C)(C)O[Si](C)(C)C(C)(C)C.OCC1CCC(C#CCOC2CCCCO2)CC1. The van der Waals surface area contributed by atoms with Gasteiger partial charge in [-0.05, 0) is 87.1 Å². The molecule has 2 rings (SSSR count). The third-order valence-corrected chi connectivity index (χ3v) is 19.3. The quantitative estimate of drug-likeness (QED) is 0.318. The second-order valence-electron chi connectivity index (χ2n) is 13.0. The molecular weight excluding hydrogens is 444 g/mol. The van der Waals surface area contributed by atoms with Crippen LogP contribution in [0.1, 0.15) is 86.5 Å². The first-order valence-electron chi connectivity index (χ1n) is 13.1. The molecule has 1 aliphatic carbocycles. The molecule has 0 aromatic rings. The van der Waals surface area contributed by atoms with Crippen molar-refractivity contribution in [3.63, 3.8) is 0 Å². The first-order chi connectivity index (χ1) is 15.1. The van der Waals surface area contributed by atoms with E-state index in [0.29, 0.717) is 35.1 Å². The molecule has 2 fully saturated rings. The highest BCUT2D eigenvalue weighted by Gasteiger charge is 2.46. The van der Waals surface area contributed by atoms with Crippen LogP contribution in [0.15, 0.2) is 0 Å². The van der Waals surface area contributed by atoms with Crippen molar-refractivity contribution < 1.29 is 18.7 Å². The van der Waals surface area contributed by atoms with E-state index >= 15 is 0 Å². The summed E-state index contributed by atoms with van der Waals surface area (Å²) in [5, 5.41) is 9.71. The van der Waals surface area contributed by atoms with Crippen molar-refractivity contribution in [2.75, 3.05) is 19.8 Å². The molecular formula is C27H54O4Si2. The summed E-state index contributed by atoms with van der Waals surface area (Å²) < 4.78 is 17.7. The van der Waals surface area contributed by atoms with Gasteiger partial charge in [-0.25, -0.2) is 0 Å². The predicted octanol–water partition coefficient (Wildman–Crippen LogP) is 7.35. The Morgan fingerprint density at radius 2 is 1.39 bits per heavy atom. The number of hydrogen-bond acceptors (Lipinski definition) is 4. The molecule has 0 aromatic heterocycles. The lowest BCUT2D eigenvalue weighted by Crippen LogP contribution is -2.53. The molecule has 4 nitrogen and oxygen atoms in total. The molecule has 0 bridgehead atoms. The van der Waals surface area contributed by atoms with Crippen LogP contribution in [0, 0.1) is 23.7 Å². The highest BCUT2D eigenvalue weighted by atomic mass is 28.4. The highest BCUT2D eigenvalue weighted by Crippen LogP contribution is 2.44. The van der Waals surface area contributed by atoms with Gasteiger partial charge in [0.1, 0.15) is 6.61 Å². The molecule has 194 valence electrons. The molecule has 1 saturated heterocycles. The Balaban J connectivity index is 0.000000337. The van der Waals surface area contributed by atoms with Gasteiger partial charge in [0.25, 0.3) is 0 Å². The number of ether oxygens (including phenoxy) is 2. The maximum Gasteiger partial charge on any atom is 0.178 e. The Morgan fingerprint density at radius 1 is 0.848 bits per heavy atom. The van der Waals surface area contributed by atoms with Crippen LogP contribution in [-0.4, -0.2) is 47.9 Å². The summed E-state index contributed by atoms with van der Waals surface area (Å²) in [6.45, 7) is 24.9. The zero-order valence-corrected chi connectivity index (χ0v) is 25.5. The average molecular weight is 499 g/mol. The largest absolute Gasteiger partial charge is 0.455 e. The molecule has 33 heavy (non-hydrogen) atoms. The molecule has 6 heteroatoms. The predicted molar refractivity (Wildman–Crippen MR) is 145 cm³/mol. The van der Waals surface area contributed by atoms with Crippen LogP contribution in [-0.2, 0) is 13.6 Å². The molecule has 1 heterocycles. The van der Waals surface area contributed by atoms with Gasteiger partial charge in [0.15, 0.2) is 22.9 Å². The van der Waals surface area contributed by atoms with Crippen molar-refractivity contribution in [1.82, 2.24) is 0 Å². The fourth-order valence-corrected chi connectivity index (χ4v) is 11.1. The molecule has 1 saturated carbocycles. The summed E-state index contributed by atoms with van der Waals surface area (Å²) in [5.74, 6) is 7.43. The van der Waals surface area contributed by atoms with Gasteiger partial charge in [0.2, 0.25) is 0 Å². The van der Waals surface area contributed by atoms with Gasteiger partial charge in [-0.2, -0.15) is 0 Å². The highest BCUT2D eigenvalue weighted by molar-refractivity contribution is 6.87. The normalized spacial score (nSPS) is 24.9. The number of aliphatic hydroxyl groups excluding tert-OH is 1. The Kier molecular flexibility index (Phi) is 12.4. The minimum Gasteiger partial charge on any atom is -0.455 e. The van der Waals surface area contributed by atoms with E-state index in [1.165, 1.54) is 6.42 Å². The molecule has 0 amide bonds. The Morgan fingerprint density at radius 3 is 1.82 bits per heavy atom. The summed E-state index contributed by atoms with van der Waals surface area (Å²) in [5.41, 5.74) is 0. The molecule has 2 aliphatic rings. The lowest BCUT2D eigenvalue weighted by atomic mass is 9.83. The van der Waals surface area contributed by atoms with Gasteiger partial charge in [-0.1, -0.05) is 53.4 Å². The Labute approximate surface area is 207 Å². The van der Waals surface area contributed by atoms with Crippen molar-refractivity contribution in [3.8, 4) is 11.8 Å². The summed E-state index contributed by atoms with van der Waals surface area (Å²) >= 11 is 0. The van der Waals surface area contributed by atoms with Gasteiger partial charge in [-0.3, -0.25) is 0 Å². The van der Waals surface area contributed by atoms with Gasteiger partial charge >= 0.3 is 0 Å². The van der Waals surface area contributed by atoms with Crippen molar-refractivity contribution in [1.29, 1.82) is 0 Å². The first-order valence-corrected chi connectivity index (χ1v) is 18.9. The summed E-state index contributed by atoms with van der Waals surface area (Å²) in [7, 11) is -3.18. The minimum absolute atomic E-state index is 0.0295. The van der Waals surface area contributed by atoms with E-state index in [2.05, 4.69) is 79.6 Å². The lowest BCUT2D eigenvalue weighted by Gasteiger charge is -2.47. The van der Waals surface area contributed by atoms with E-state index < -0.39 is 16.6 Å². The fourth-order valence-electron chi connectivity index (χ4n) is 3.60. The second-order valence-corrected chi connectivity index (χ2v) is 22.8. The molecule has 0 aromatic carbocycles. The number of aliphatic hydroxyl groups is 1. The van der Waals surface area contributed by atoms with Crippen LogP contribution >= 0.6 is 0 Å². The minimum atomic E-state index is -1.59. The van der Waals surface area contributed by atoms with Crippen molar-refractivity contribution in [3.05, 3.63) is 0 Å². The van der Waals surface area contributed by atoms with Crippen LogP contribution < -0.4 is 0 Å². The second kappa shape index (κ2) is 13.2. The Bertz CT molecular complexity index is 585. The van der Waals surface area contributed by atoms with Crippen LogP contribution in [0.3, 0.4) is 0 Å². The monoisotopic (exact) mass is 498 g/mol. The van der Waals surface area contributed by atoms with Gasteiger partial charge in [0.05, 0.1) is 0 Å². The summed E-state index contributed by atoms with van der Waals surface area (Å²) in [6, 6.07) is 0. The first kappa shape index (κ1) is 30.9. The van der Waals surface area contributed by atoms with Gasteiger partial charge in [0, 0.05) is 19.1 Å². The third-order valence-electron chi connectivity index (χ3n) is 8.01. The van der Waals surface area contributed by atoms with Gasteiger partial charge < -0.3 is 18.7 Å². The molecule has 0 radical (unpaired) electrons. The zero-order valence-electron chi connectivity index (χ0n) is 23.5. The van der Waals surface area contributed by atoms with Crippen LogP contribution in [0.2, 0.25) is 36.3 Å². The van der Waals surface area contributed by atoms with Crippen LogP contribution in [0.5, 0.6) is 0 Å². The molecule has 0 spiro atoms. The maximum atomic E-state index is 9.07. The van der Waals surface area contributed by atoms with Crippen molar-refractivity contribution >= 4 is 16.6 Å². The maximum absolute atomic E-state index is 9.07.